The predicted octanol–water partition coefficient (Wildman–Crippen LogP) is 4.95. The number of thioether (sulfide) groups is 1. The summed E-state index contributed by atoms with van der Waals surface area (Å²) in [5.74, 6) is 0.0205. The number of aromatic nitrogens is 4. The van der Waals surface area contributed by atoms with Crippen LogP contribution in [0.2, 0.25) is 0 Å². The molecule has 9 nitrogen and oxygen atoms in total. The Morgan fingerprint density at radius 1 is 1.00 bits per heavy atom. The van der Waals surface area contributed by atoms with Crippen LogP contribution in [0.3, 0.4) is 0 Å². The van der Waals surface area contributed by atoms with E-state index in [0.717, 1.165) is 43.0 Å². The van der Waals surface area contributed by atoms with Crippen LogP contribution < -0.4 is 21.3 Å². The van der Waals surface area contributed by atoms with Crippen molar-refractivity contribution in [1.82, 2.24) is 18.7 Å². The summed E-state index contributed by atoms with van der Waals surface area (Å²) in [5, 5.41) is 3.51. The Labute approximate surface area is 246 Å². The zero-order chi connectivity index (χ0) is 28.8. The van der Waals surface area contributed by atoms with Gasteiger partial charge in [0, 0.05) is 19.3 Å². The van der Waals surface area contributed by atoms with Crippen molar-refractivity contribution in [3.05, 3.63) is 91.1 Å². The van der Waals surface area contributed by atoms with Gasteiger partial charge in [-0.25, -0.2) is 9.67 Å². The monoisotopic (exact) mass is 586 g/mol. The summed E-state index contributed by atoms with van der Waals surface area (Å²) < 4.78 is 4.97. The van der Waals surface area contributed by atoms with Gasteiger partial charge in [0.1, 0.15) is 17.2 Å². The van der Waals surface area contributed by atoms with Gasteiger partial charge in [-0.05, 0) is 56.5 Å². The lowest BCUT2D eigenvalue weighted by Crippen LogP contribution is -2.33. The van der Waals surface area contributed by atoms with E-state index in [2.05, 4.69) is 5.32 Å². The van der Waals surface area contributed by atoms with E-state index in [1.165, 1.54) is 20.4 Å². The van der Waals surface area contributed by atoms with E-state index in [1.807, 2.05) is 43.3 Å². The van der Waals surface area contributed by atoms with Gasteiger partial charge in [0.05, 0.1) is 21.8 Å². The second-order valence-electron chi connectivity index (χ2n) is 10.5. The first-order valence-electron chi connectivity index (χ1n) is 13.7. The molecule has 2 fully saturated rings. The van der Waals surface area contributed by atoms with E-state index in [1.54, 1.807) is 37.0 Å². The molecule has 3 aromatic heterocycles. The summed E-state index contributed by atoms with van der Waals surface area (Å²) in [6.45, 7) is 3.70. The number of carbonyl (C=O) groups is 1. The van der Waals surface area contributed by atoms with E-state index in [4.69, 9.17) is 17.2 Å². The van der Waals surface area contributed by atoms with Crippen LogP contribution >= 0.6 is 24.0 Å². The number of nitrogens with one attached hydrogen (secondary N) is 1. The minimum Gasteiger partial charge on any atom is -0.367 e. The zero-order valence-corrected chi connectivity index (χ0v) is 24.7. The Bertz CT molecular complexity index is 1850. The Morgan fingerprint density at radius 3 is 2.46 bits per heavy atom. The van der Waals surface area contributed by atoms with E-state index in [0.29, 0.717) is 28.4 Å². The first-order chi connectivity index (χ1) is 19.8. The van der Waals surface area contributed by atoms with Crippen LogP contribution in [0.4, 0.5) is 11.5 Å². The summed E-state index contributed by atoms with van der Waals surface area (Å²) in [7, 11) is 1.77. The predicted molar refractivity (Wildman–Crippen MR) is 168 cm³/mol. The van der Waals surface area contributed by atoms with Crippen molar-refractivity contribution in [1.29, 1.82) is 0 Å². The highest BCUT2D eigenvalue weighted by Gasteiger charge is 2.38. The largest absolute Gasteiger partial charge is 0.367 e. The number of carbonyl (C=O) groups excluding carboxylic acids is 1. The first-order valence-corrected chi connectivity index (χ1v) is 14.9. The zero-order valence-electron chi connectivity index (χ0n) is 23.1. The minimum atomic E-state index is -0.441. The number of hydrogen-bond acceptors (Lipinski definition) is 7. The smallest absolute Gasteiger partial charge is 0.296 e. The van der Waals surface area contributed by atoms with Gasteiger partial charge in [-0.15, -0.1) is 0 Å². The highest BCUT2D eigenvalue weighted by atomic mass is 32.2. The Hall–Kier alpha value is -3.96. The quantitative estimate of drug-likeness (QED) is 0.261. The lowest BCUT2D eigenvalue weighted by molar-refractivity contribution is -0.113. The van der Waals surface area contributed by atoms with Crippen LogP contribution in [0.15, 0.2) is 63.2 Å². The molecular formula is C30H30N6O3S2. The normalized spacial score (nSPS) is 17.2. The Balaban J connectivity index is 1.45. The molecule has 0 bridgehead atoms. The molecule has 1 N–H and O–H groups in total. The summed E-state index contributed by atoms with van der Waals surface area (Å²) in [6.07, 6.45) is 8.69. The minimum absolute atomic E-state index is 0.201. The molecule has 210 valence electrons. The number of aryl methyl sites for hydroxylation is 1. The maximum Gasteiger partial charge on any atom is 0.296 e. The average Bonchev–Trinajstić information content (AvgIpc) is 3.36. The van der Waals surface area contributed by atoms with Crippen molar-refractivity contribution >= 4 is 57.4 Å². The molecule has 1 aromatic carbocycles. The number of amides is 1. The molecule has 41 heavy (non-hydrogen) atoms. The van der Waals surface area contributed by atoms with Gasteiger partial charge in [0.15, 0.2) is 4.32 Å². The first kappa shape index (κ1) is 27.2. The van der Waals surface area contributed by atoms with Crippen molar-refractivity contribution in [2.75, 3.05) is 10.2 Å². The second kappa shape index (κ2) is 10.8. The standard InChI is InChI=1S/C30H30N6O3S2/c1-18-11-10-16-34-26(18)32-25(31-20-12-6-4-7-13-20)22(27(34)37)17-23-28(38)35(30(40)41-23)24-19(2)33(3)36(29(24)39)21-14-8-5-9-15-21/h5,8-11,14-17,20,31H,4,6-7,12-13H2,1-3H3. The number of thiocarbonyl (C=S) groups is 1. The topological polar surface area (TPSA) is 93.6 Å². The highest BCUT2D eigenvalue weighted by molar-refractivity contribution is 8.27. The summed E-state index contributed by atoms with van der Waals surface area (Å²) in [4.78, 5) is 47.7. The van der Waals surface area contributed by atoms with Crippen LogP contribution in [0.1, 0.15) is 48.9 Å². The summed E-state index contributed by atoms with van der Waals surface area (Å²) in [6, 6.07) is 13.2. The van der Waals surface area contributed by atoms with Gasteiger partial charge in [-0.3, -0.25) is 28.4 Å². The fourth-order valence-electron chi connectivity index (χ4n) is 5.60. The van der Waals surface area contributed by atoms with Crippen molar-refractivity contribution < 1.29 is 4.79 Å². The number of para-hydroxylation sites is 1. The number of rotatable bonds is 5. The van der Waals surface area contributed by atoms with Gasteiger partial charge in [0.2, 0.25) is 0 Å². The van der Waals surface area contributed by atoms with Crippen molar-refractivity contribution in [2.24, 2.45) is 7.05 Å². The number of pyridine rings is 1. The highest BCUT2D eigenvalue weighted by Crippen LogP contribution is 2.37. The molecular weight excluding hydrogens is 557 g/mol. The molecule has 2 aliphatic rings. The van der Waals surface area contributed by atoms with Crippen molar-refractivity contribution in [2.45, 2.75) is 52.0 Å². The molecule has 6 rings (SSSR count). The summed E-state index contributed by atoms with van der Waals surface area (Å²) >= 11 is 6.71. The van der Waals surface area contributed by atoms with Gasteiger partial charge < -0.3 is 5.32 Å². The molecule has 1 aliphatic carbocycles. The molecule has 0 spiro atoms. The maximum absolute atomic E-state index is 13.9. The number of fused-ring (bicyclic) bond motifs is 1. The van der Waals surface area contributed by atoms with E-state index < -0.39 is 5.91 Å². The fraction of sp³-hybridized carbons (Fsp3) is 0.300. The molecule has 0 unspecified atom stereocenters. The van der Waals surface area contributed by atoms with Gasteiger partial charge in [-0.1, -0.05) is 67.5 Å². The number of anilines is 2. The molecule has 4 heterocycles. The number of benzene rings is 1. The van der Waals surface area contributed by atoms with Crippen LogP contribution in [0.5, 0.6) is 0 Å². The molecule has 1 saturated heterocycles. The third-order valence-corrected chi connectivity index (χ3v) is 9.15. The maximum atomic E-state index is 13.9. The Kier molecular flexibility index (Phi) is 7.16. The molecule has 1 saturated carbocycles. The Morgan fingerprint density at radius 2 is 1.73 bits per heavy atom. The van der Waals surface area contributed by atoms with E-state index in [9.17, 15) is 14.4 Å². The molecule has 4 aromatic rings. The van der Waals surface area contributed by atoms with Gasteiger partial charge >= 0.3 is 0 Å². The third kappa shape index (κ3) is 4.72. The van der Waals surface area contributed by atoms with E-state index in [-0.39, 0.29) is 32.1 Å². The fourth-order valence-corrected chi connectivity index (χ4v) is 6.85. The van der Waals surface area contributed by atoms with Crippen LogP contribution in [-0.4, -0.2) is 35.0 Å². The molecule has 0 atom stereocenters. The SMILES string of the molecule is Cc1cccn2c(=O)c(C=C3SC(=S)N(c4c(C)n(C)n(-c5ccccc5)c4=O)C3=O)c(NC3CCCCC3)nc12. The average molecular weight is 587 g/mol. The van der Waals surface area contributed by atoms with Crippen molar-refractivity contribution in [3.8, 4) is 5.69 Å². The molecule has 1 aliphatic heterocycles. The lowest BCUT2D eigenvalue weighted by Gasteiger charge is -2.24. The van der Waals surface area contributed by atoms with E-state index >= 15 is 0 Å². The third-order valence-electron chi connectivity index (χ3n) is 7.85. The second-order valence-corrected chi connectivity index (χ2v) is 12.1. The van der Waals surface area contributed by atoms with Crippen LogP contribution in [0.25, 0.3) is 17.4 Å². The molecule has 1 amide bonds. The summed E-state index contributed by atoms with van der Waals surface area (Å²) in [5.41, 5.74) is 2.60. The van der Waals surface area contributed by atoms with Gasteiger partial charge in [0.25, 0.3) is 17.0 Å². The lowest BCUT2D eigenvalue weighted by atomic mass is 9.95. The molecule has 11 heteroatoms. The number of hydrogen-bond donors (Lipinski definition) is 1. The van der Waals surface area contributed by atoms with Crippen LogP contribution in [-0.2, 0) is 11.8 Å². The van der Waals surface area contributed by atoms with Crippen LogP contribution in [0, 0.1) is 13.8 Å². The van der Waals surface area contributed by atoms with Crippen molar-refractivity contribution in [3.63, 3.8) is 0 Å². The number of nitrogens with zero attached hydrogens (tertiary/aromatic N) is 5. The molecule has 0 radical (unpaired) electrons. The van der Waals surface area contributed by atoms with Gasteiger partial charge in [-0.2, -0.15) is 0 Å².